The van der Waals surface area contributed by atoms with Gasteiger partial charge in [-0.05, 0) is 41.1 Å². The Morgan fingerprint density at radius 3 is 2.89 bits per heavy atom. The molecule has 0 aliphatic rings. The summed E-state index contributed by atoms with van der Waals surface area (Å²) in [5.74, 6) is -0.741. The third-order valence-electron chi connectivity index (χ3n) is 2.34. The molecule has 2 aromatic rings. The molecule has 0 atom stereocenters. The first kappa shape index (κ1) is 12.5. The zero-order chi connectivity index (χ0) is 13.1. The average Bonchev–Trinajstić information content (AvgIpc) is 2.34. The molecule has 2 rings (SSSR count). The summed E-state index contributed by atoms with van der Waals surface area (Å²) >= 11 is 3.20. The van der Waals surface area contributed by atoms with Crippen molar-refractivity contribution in [1.82, 2.24) is 9.97 Å². The molecule has 2 heterocycles. The maximum atomic E-state index is 11.1. The highest BCUT2D eigenvalue weighted by Crippen LogP contribution is 2.22. The lowest BCUT2D eigenvalue weighted by molar-refractivity contribution is 0.0697. The SMILES string of the molecule is Cc1ncccc1Nc1ncc(Br)cc1C(=O)O. The maximum Gasteiger partial charge on any atom is 0.339 e. The van der Waals surface area contributed by atoms with Crippen LogP contribution in [0.3, 0.4) is 0 Å². The number of nitrogens with zero attached hydrogens (tertiary/aromatic N) is 2. The van der Waals surface area contributed by atoms with E-state index < -0.39 is 5.97 Å². The smallest absolute Gasteiger partial charge is 0.339 e. The third kappa shape index (κ3) is 2.65. The molecule has 2 N–H and O–H groups in total. The van der Waals surface area contributed by atoms with Gasteiger partial charge >= 0.3 is 5.97 Å². The van der Waals surface area contributed by atoms with Gasteiger partial charge in [-0.25, -0.2) is 9.78 Å². The van der Waals surface area contributed by atoms with Crippen molar-refractivity contribution in [3.8, 4) is 0 Å². The number of carboxylic acid groups (broad SMARTS) is 1. The van der Waals surface area contributed by atoms with Gasteiger partial charge in [0.2, 0.25) is 0 Å². The number of pyridine rings is 2. The number of aromatic carboxylic acids is 1. The molecule has 0 aromatic carbocycles. The number of anilines is 2. The summed E-state index contributed by atoms with van der Waals surface area (Å²) < 4.78 is 0.619. The maximum absolute atomic E-state index is 11.1. The zero-order valence-corrected chi connectivity index (χ0v) is 11.1. The lowest BCUT2D eigenvalue weighted by atomic mass is 10.2. The number of hydrogen-bond acceptors (Lipinski definition) is 4. The predicted octanol–water partition coefficient (Wildman–Crippen LogP) is 2.99. The molecule has 0 fully saturated rings. The van der Waals surface area contributed by atoms with Gasteiger partial charge in [-0.3, -0.25) is 4.98 Å². The minimum Gasteiger partial charge on any atom is -0.478 e. The van der Waals surface area contributed by atoms with Gasteiger partial charge in [0, 0.05) is 16.9 Å². The minimum atomic E-state index is -1.03. The average molecular weight is 308 g/mol. The number of carboxylic acids is 1. The summed E-state index contributed by atoms with van der Waals surface area (Å²) in [6.07, 6.45) is 3.22. The van der Waals surface area contributed by atoms with E-state index in [1.165, 1.54) is 6.07 Å². The Bertz CT molecular complexity index is 602. The molecule has 0 aliphatic carbocycles. The number of aromatic nitrogens is 2. The molecule has 6 heteroatoms. The van der Waals surface area contributed by atoms with Gasteiger partial charge in [-0.1, -0.05) is 0 Å². The monoisotopic (exact) mass is 307 g/mol. The first-order chi connectivity index (χ1) is 8.58. The van der Waals surface area contributed by atoms with Crippen molar-refractivity contribution in [3.05, 3.63) is 46.3 Å². The largest absolute Gasteiger partial charge is 0.478 e. The fourth-order valence-corrected chi connectivity index (χ4v) is 1.78. The van der Waals surface area contributed by atoms with Crippen molar-refractivity contribution < 1.29 is 9.90 Å². The van der Waals surface area contributed by atoms with Crippen molar-refractivity contribution in [1.29, 1.82) is 0 Å². The minimum absolute atomic E-state index is 0.104. The summed E-state index contributed by atoms with van der Waals surface area (Å²) in [6, 6.07) is 5.09. The van der Waals surface area contributed by atoms with Crippen molar-refractivity contribution in [2.24, 2.45) is 0 Å². The molecule has 0 aliphatic heterocycles. The van der Waals surface area contributed by atoms with Crippen LogP contribution in [0.25, 0.3) is 0 Å². The second-order valence-corrected chi connectivity index (χ2v) is 4.53. The first-order valence-corrected chi connectivity index (χ1v) is 5.94. The van der Waals surface area contributed by atoms with E-state index in [-0.39, 0.29) is 5.56 Å². The fraction of sp³-hybridized carbons (Fsp3) is 0.0833. The number of rotatable bonds is 3. The van der Waals surface area contributed by atoms with Gasteiger partial charge in [0.1, 0.15) is 11.4 Å². The number of hydrogen-bond donors (Lipinski definition) is 2. The van der Waals surface area contributed by atoms with Gasteiger partial charge in [0.05, 0.1) is 11.4 Å². The molecule has 5 nitrogen and oxygen atoms in total. The number of nitrogens with one attached hydrogen (secondary N) is 1. The lowest BCUT2D eigenvalue weighted by Gasteiger charge is -2.10. The van der Waals surface area contributed by atoms with E-state index in [9.17, 15) is 4.79 Å². The van der Waals surface area contributed by atoms with Crippen LogP contribution in [-0.2, 0) is 0 Å². The Kier molecular flexibility index (Phi) is 3.57. The lowest BCUT2D eigenvalue weighted by Crippen LogP contribution is -2.05. The number of aryl methyl sites for hydroxylation is 1. The van der Waals surface area contributed by atoms with E-state index in [1.807, 2.05) is 13.0 Å². The fourth-order valence-electron chi connectivity index (χ4n) is 1.45. The molecule has 0 bridgehead atoms. The van der Waals surface area contributed by atoms with E-state index in [1.54, 1.807) is 18.5 Å². The Morgan fingerprint density at radius 1 is 1.44 bits per heavy atom. The van der Waals surface area contributed by atoms with E-state index in [2.05, 4.69) is 31.2 Å². The molecule has 0 saturated carbocycles. The van der Waals surface area contributed by atoms with Crippen LogP contribution in [0.5, 0.6) is 0 Å². The van der Waals surface area contributed by atoms with E-state index in [4.69, 9.17) is 5.11 Å². The van der Waals surface area contributed by atoms with Crippen LogP contribution >= 0.6 is 15.9 Å². The molecule has 18 heavy (non-hydrogen) atoms. The van der Waals surface area contributed by atoms with Gasteiger partial charge in [0.15, 0.2) is 0 Å². The van der Waals surface area contributed by atoms with Crippen LogP contribution in [0.1, 0.15) is 16.1 Å². The highest BCUT2D eigenvalue weighted by molar-refractivity contribution is 9.10. The van der Waals surface area contributed by atoms with Gasteiger partial charge in [-0.15, -0.1) is 0 Å². The van der Waals surface area contributed by atoms with Crippen molar-refractivity contribution >= 4 is 33.4 Å². The van der Waals surface area contributed by atoms with Crippen molar-refractivity contribution in [2.75, 3.05) is 5.32 Å². The molecule has 0 unspecified atom stereocenters. The quantitative estimate of drug-likeness (QED) is 0.911. The first-order valence-electron chi connectivity index (χ1n) is 5.15. The molecule has 2 aromatic heterocycles. The second-order valence-electron chi connectivity index (χ2n) is 3.62. The molecule has 0 spiro atoms. The van der Waals surface area contributed by atoms with Crippen LogP contribution in [0, 0.1) is 6.92 Å². The molecular weight excluding hydrogens is 298 g/mol. The highest BCUT2D eigenvalue weighted by atomic mass is 79.9. The Hall–Kier alpha value is -1.95. The third-order valence-corrected chi connectivity index (χ3v) is 2.78. The highest BCUT2D eigenvalue weighted by Gasteiger charge is 2.13. The van der Waals surface area contributed by atoms with Gasteiger partial charge in [0.25, 0.3) is 0 Å². The summed E-state index contributed by atoms with van der Waals surface area (Å²) in [6.45, 7) is 1.83. The van der Waals surface area contributed by atoms with E-state index >= 15 is 0 Å². The standard InChI is InChI=1S/C12H10BrN3O2/c1-7-10(3-2-4-14-7)16-11-9(12(17)18)5-8(13)6-15-11/h2-6H,1H3,(H,15,16)(H,17,18). The van der Waals surface area contributed by atoms with Gasteiger partial charge < -0.3 is 10.4 Å². The molecule has 0 amide bonds. The molecular formula is C12H10BrN3O2. The van der Waals surface area contributed by atoms with Crippen LogP contribution in [0.15, 0.2) is 35.1 Å². The molecule has 92 valence electrons. The van der Waals surface area contributed by atoms with Crippen LogP contribution in [0.4, 0.5) is 11.5 Å². The summed E-state index contributed by atoms with van der Waals surface area (Å²) in [5.41, 5.74) is 1.61. The van der Waals surface area contributed by atoms with Crippen molar-refractivity contribution in [2.45, 2.75) is 6.92 Å². The second kappa shape index (κ2) is 5.14. The Balaban J connectivity index is 2.41. The number of halogens is 1. The molecule has 0 radical (unpaired) electrons. The van der Waals surface area contributed by atoms with Crippen LogP contribution in [-0.4, -0.2) is 21.0 Å². The summed E-state index contributed by atoms with van der Waals surface area (Å²) in [4.78, 5) is 19.3. The van der Waals surface area contributed by atoms with E-state index in [0.717, 1.165) is 11.4 Å². The van der Waals surface area contributed by atoms with E-state index in [0.29, 0.717) is 10.3 Å². The van der Waals surface area contributed by atoms with Crippen molar-refractivity contribution in [3.63, 3.8) is 0 Å². The summed E-state index contributed by atoms with van der Waals surface area (Å²) in [7, 11) is 0. The van der Waals surface area contributed by atoms with Crippen LogP contribution < -0.4 is 5.32 Å². The Labute approximate surface area is 112 Å². The Morgan fingerprint density at radius 2 is 2.22 bits per heavy atom. The molecule has 0 saturated heterocycles. The zero-order valence-electron chi connectivity index (χ0n) is 9.51. The van der Waals surface area contributed by atoms with Gasteiger partial charge in [-0.2, -0.15) is 0 Å². The van der Waals surface area contributed by atoms with Crippen LogP contribution in [0.2, 0.25) is 0 Å². The normalized spacial score (nSPS) is 10.1. The predicted molar refractivity (Wildman–Crippen MR) is 71.2 cm³/mol. The summed E-state index contributed by atoms with van der Waals surface area (Å²) in [5, 5.41) is 12.1. The number of carbonyl (C=O) groups is 1. The topological polar surface area (TPSA) is 75.1 Å².